The molecular formula is C21H27N3O3. The van der Waals surface area contributed by atoms with E-state index < -0.39 is 0 Å². The van der Waals surface area contributed by atoms with Crippen LogP contribution in [0.3, 0.4) is 0 Å². The van der Waals surface area contributed by atoms with E-state index in [9.17, 15) is 9.59 Å². The highest BCUT2D eigenvalue weighted by atomic mass is 16.5. The van der Waals surface area contributed by atoms with E-state index >= 15 is 0 Å². The summed E-state index contributed by atoms with van der Waals surface area (Å²) >= 11 is 0. The Balaban J connectivity index is 1.76. The van der Waals surface area contributed by atoms with Crippen LogP contribution in [0.25, 0.3) is 0 Å². The molecule has 0 N–H and O–H groups in total. The summed E-state index contributed by atoms with van der Waals surface area (Å²) in [6, 6.07) is 11.7. The number of rotatable bonds is 5. The molecule has 0 spiro atoms. The minimum atomic E-state index is -0.192. The lowest BCUT2D eigenvalue weighted by molar-refractivity contribution is -0.133. The molecule has 1 aliphatic rings. The van der Waals surface area contributed by atoms with Crippen LogP contribution in [0.5, 0.6) is 0 Å². The van der Waals surface area contributed by atoms with Crippen molar-refractivity contribution in [3.8, 4) is 0 Å². The van der Waals surface area contributed by atoms with E-state index in [0.717, 1.165) is 17.7 Å². The maximum atomic E-state index is 12.9. The highest BCUT2D eigenvalue weighted by molar-refractivity contribution is 5.92. The van der Waals surface area contributed by atoms with Gasteiger partial charge in [0.05, 0.1) is 5.69 Å². The molecule has 1 fully saturated rings. The molecule has 0 saturated carbocycles. The van der Waals surface area contributed by atoms with Gasteiger partial charge in [0.2, 0.25) is 11.7 Å². The first-order chi connectivity index (χ1) is 13.0. The molecule has 6 heteroatoms. The summed E-state index contributed by atoms with van der Waals surface area (Å²) in [4.78, 5) is 29.3. The monoisotopic (exact) mass is 369 g/mol. The van der Waals surface area contributed by atoms with Crippen LogP contribution >= 0.6 is 0 Å². The maximum Gasteiger partial charge on any atom is 0.292 e. The largest absolute Gasteiger partial charge is 0.351 e. The van der Waals surface area contributed by atoms with Gasteiger partial charge in [-0.2, -0.15) is 0 Å². The molecule has 3 rings (SSSR count). The van der Waals surface area contributed by atoms with Gasteiger partial charge in [-0.25, -0.2) is 0 Å². The fourth-order valence-electron chi connectivity index (χ4n) is 3.37. The highest BCUT2D eigenvalue weighted by Crippen LogP contribution is 2.21. The Kier molecular flexibility index (Phi) is 5.94. The van der Waals surface area contributed by atoms with E-state index in [-0.39, 0.29) is 29.5 Å². The topological polar surface area (TPSA) is 66.7 Å². The number of carbonyl (C=O) groups excluding carboxylic acids is 2. The molecular weight excluding hydrogens is 342 g/mol. The van der Waals surface area contributed by atoms with E-state index in [1.54, 1.807) is 11.0 Å². The Morgan fingerprint density at radius 2 is 2.04 bits per heavy atom. The van der Waals surface area contributed by atoms with Crippen molar-refractivity contribution in [2.45, 2.75) is 52.1 Å². The molecule has 0 radical (unpaired) electrons. The van der Waals surface area contributed by atoms with Crippen LogP contribution < -0.4 is 0 Å². The molecule has 0 unspecified atom stereocenters. The van der Waals surface area contributed by atoms with Gasteiger partial charge in [-0.15, -0.1) is 0 Å². The lowest BCUT2D eigenvalue weighted by atomic mass is 10.1. The minimum absolute atomic E-state index is 0.0170. The van der Waals surface area contributed by atoms with Crippen molar-refractivity contribution in [3.05, 3.63) is 53.4 Å². The maximum absolute atomic E-state index is 12.9. The molecule has 0 bridgehead atoms. The molecule has 1 aliphatic heterocycles. The standard InChI is InChI=1S/C21H27N3O3/c1-4-17-14-23(21(26)19-12-18(15(2)3)22-27-19)11-10-20(25)24(17)13-16-8-6-5-7-9-16/h5-9,12,15,17H,4,10-11,13-14H2,1-3H3/t17-/m0/s1. The van der Waals surface area contributed by atoms with Crippen molar-refractivity contribution in [2.75, 3.05) is 13.1 Å². The van der Waals surface area contributed by atoms with E-state index in [1.165, 1.54) is 0 Å². The first-order valence-electron chi connectivity index (χ1n) is 9.58. The van der Waals surface area contributed by atoms with Crippen LogP contribution in [0.2, 0.25) is 0 Å². The lowest BCUT2D eigenvalue weighted by Gasteiger charge is -2.31. The van der Waals surface area contributed by atoms with Crippen molar-refractivity contribution < 1.29 is 14.1 Å². The Hall–Kier alpha value is -2.63. The van der Waals surface area contributed by atoms with Gasteiger partial charge in [-0.3, -0.25) is 9.59 Å². The third-order valence-corrected chi connectivity index (χ3v) is 5.07. The zero-order valence-electron chi connectivity index (χ0n) is 16.2. The molecule has 2 aromatic rings. The number of nitrogens with zero attached hydrogens (tertiary/aromatic N) is 3. The summed E-state index contributed by atoms with van der Waals surface area (Å²) < 4.78 is 5.26. The fourth-order valence-corrected chi connectivity index (χ4v) is 3.37. The van der Waals surface area contributed by atoms with Crippen molar-refractivity contribution in [1.82, 2.24) is 15.0 Å². The SMILES string of the molecule is CC[C@H]1CN(C(=O)c2cc(C(C)C)no2)CCC(=O)N1Cc1ccccc1. The predicted molar refractivity (Wildman–Crippen MR) is 102 cm³/mol. The van der Waals surface area contributed by atoms with Crippen LogP contribution in [-0.4, -0.2) is 45.9 Å². The summed E-state index contributed by atoms with van der Waals surface area (Å²) in [6.07, 6.45) is 1.11. The van der Waals surface area contributed by atoms with Crippen LogP contribution in [0.1, 0.15) is 61.3 Å². The average Bonchev–Trinajstić information content (AvgIpc) is 3.12. The van der Waals surface area contributed by atoms with Gasteiger partial charge in [0.1, 0.15) is 0 Å². The minimum Gasteiger partial charge on any atom is -0.351 e. The summed E-state index contributed by atoms with van der Waals surface area (Å²) in [7, 11) is 0. The van der Waals surface area contributed by atoms with Gasteiger partial charge >= 0.3 is 0 Å². The third-order valence-electron chi connectivity index (χ3n) is 5.07. The van der Waals surface area contributed by atoms with Crippen LogP contribution in [-0.2, 0) is 11.3 Å². The second-order valence-electron chi connectivity index (χ2n) is 7.34. The van der Waals surface area contributed by atoms with Gasteiger partial charge in [0.25, 0.3) is 5.91 Å². The molecule has 1 aromatic heterocycles. The first kappa shape index (κ1) is 19.1. The Morgan fingerprint density at radius 1 is 1.30 bits per heavy atom. The average molecular weight is 369 g/mol. The van der Waals surface area contributed by atoms with E-state index in [1.807, 2.05) is 49.1 Å². The molecule has 1 atom stereocenters. The number of carbonyl (C=O) groups is 2. The number of amides is 2. The molecule has 1 aromatic carbocycles. The molecule has 27 heavy (non-hydrogen) atoms. The molecule has 2 amide bonds. The zero-order chi connectivity index (χ0) is 19.4. The van der Waals surface area contributed by atoms with Crippen molar-refractivity contribution >= 4 is 11.8 Å². The third kappa shape index (κ3) is 4.38. The van der Waals surface area contributed by atoms with Crippen LogP contribution in [0.4, 0.5) is 0 Å². The van der Waals surface area contributed by atoms with Gasteiger partial charge in [0, 0.05) is 38.2 Å². The Labute approximate surface area is 160 Å². The molecule has 1 saturated heterocycles. The summed E-state index contributed by atoms with van der Waals surface area (Å²) in [5.41, 5.74) is 1.86. The number of benzene rings is 1. The molecule has 2 heterocycles. The summed E-state index contributed by atoms with van der Waals surface area (Å²) in [5.74, 6) is 0.340. The predicted octanol–water partition coefficient (Wildman–Crippen LogP) is 3.45. The van der Waals surface area contributed by atoms with Gasteiger partial charge < -0.3 is 14.3 Å². The van der Waals surface area contributed by atoms with Crippen molar-refractivity contribution in [3.63, 3.8) is 0 Å². The quantitative estimate of drug-likeness (QED) is 0.810. The van der Waals surface area contributed by atoms with Gasteiger partial charge in [0.15, 0.2) is 0 Å². The zero-order valence-corrected chi connectivity index (χ0v) is 16.2. The van der Waals surface area contributed by atoms with Crippen molar-refractivity contribution in [2.24, 2.45) is 0 Å². The van der Waals surface area contributed by atoms with E-state index in [4.69, 9.17) is 4.52 Å². The summed E-state index contributed by atoms with van der Waals surface area (Å²) in [6.45, 7) is 7.54. The Morgan fingerprint density at radius 3 is 2.67 bits per heavy atom. The molecule has 144 valence electrons. The number of hydrogen-bond donors (Lipinski definition) is 0. The van der Waals surface area contributed by atoms with Crippen LogP contribution in [0.15, 0.2) is 40.9 Å². The van der Waals surface area contributed by atoms with Crippen LogP contribution in [0, 0.1) is 0 Å². The van der Waals surface area contributed by atoms with Crippen molar-refractivity contribution in [1.29, 1.82) is 0 Å². The van der Waals surface area contributed by atoms with Gasteiger partial charge in [-0.05, 0) is 17.9 Å². The normalized spacial score (nSPS) is 18.1. The van der Waals surface area contributed by atoms with E-state index in [0.29, 0.717) is 26.1 Å². The van der Waals surface area contributed by atoms with Gasteiger partial charge in [-0.1, -0.05) is 56.3 Å². The number of hydrogen-bond acceptors (Lipinski definition) is 4. The smallest absolute Gasteiger partial charge is 0.292 e. The molecule has 0 aliphatic carbocycles. The second-order valence-corrected chi connectivity index (χ2v) is 7.34. The lowest BCUT2D eigenvalue weighted by Crippen LogP contribution is -2.43. The first-order valence-corrected chi connectivity index (χ1v) is 9.58. The Bertz CT molecular complexity index is 785. The number of aromatic nitrogens is 1. The molecule has 6 nitrogen and oxygen atoms in total. The van der Waals surface area contributed by atoms with E-state index in [2.05, 4.69) is 12.1 Å². The fraction of sp³-hybridized carbons (Fsp3) is 0.476. The highest BCUT2D eigenvalue weighted by Gasteiger charge is 2.32. The second kappa shape index (κ2) is 8.37. The summed E-state index contributed by atoms with van der Waals surface area (Å²) in [5, 5.41) is 3.98.